The predicted octanol–water partition coefficient (Wildman–Crippen LogP) is 1.36. The molecule has 0 saturated heterocycles. The maximum atomic E-state index is 11.6. The highest BCUT2D eigenvalue weighted by molar-refractivity contribution is 6.06. The topological polar surface area (TPSA) is 55.8 Å². The number of carbonyl (C=O) groups is 1. The summed E-state index contributed by atoms with van der Waals surface area (Å²) in [5, 5.41) is 9.31. The van der Waals surface area contributed by atoms with Crippen molar-refractivity contribution in [3.05, 3.63) is 17.7 Å². The highest BCUT2D eigenvalue weighted by Gasteiger charge is 2.32. The summed E-state index contributed by atoms with van der Waals surface area (Å²) in [6, 6.07) is 2.82. The van der Waals surface area contributed by atoms with Gasteiger partial charge in [-0.15, -0.1) is 0 Å². The van der Waals surface area contributed by atoms with Crippen LogP contribution in [0, 0.1) is 0 Å². The molecular weight excluding hydrogens is 184 g/mol. The number of aromatic hydroxyl groups is 1. The van der Waals surface area contributed by atoms with Crippen molar-refractivity contribution >= 4 is 5.78 Å². The monoisotopic (exact) mass is 194 g/mol. The lowest BCUT2D eigenvalue weighted by molar-refractivity contribution is 0.0877. The molecule has 4 nitrogen and oxygen atoms in total. The number of carbonyl (C=O) groups excluding carboxylic acids is 1. The molecule has 1 N–H and O–H groups in total. The van der Waals surface area contributed by atoms with E-state index in [1.54, 1.807) is 6.92 Å². The van der Waals surface area contributed by atoms with E-state index in [0.717, 1.165) is 0 Å². The zero-order valence-corrected chi connectivity index (χ0v) is 7.90. The zero-order valence-electron chi connectivity index (χ0n) is 7.90. The Bertz CT molecular complexity index is 397. The van der Waals surface area contributed by atoms with Gasteiger partial charge in [0.15, 0.2) is 6.10 Å². The molecule has 1 unspecified atom stereocenters. The Balaban J connectivity index is 2.62. The predicted molar refractivity (Wildman–Crippen MR) is 49.1 cm³/mol. The molecule has 1 aromatic carbocycles. The maximum absolute atomic E-state index is 11.6. The van der Waals surface area contributed by atoms with Gasteiger partial charge in [-0.25, -0.2) is 0 Å². The van der Waals surface area contributed by atoms with E-state index in [-0.39, 0.29) is 11.5 Å². The fraction of sp³-hybridized carbons (Fsp3) is 0.300. The molecule has 14 heavy (non-hydrogen) atoms. The van der Waals surface area contributed by atoms with Crippen LogP contribution in [0.2, 0.25) is 0 Å². The van der Waals surface area contributed by atoms with Gasteiger partial charge < -0.3 is 14.6 Å². The van der Waals surface area contributed by atoms with Crippen LogP contribution in [0.15, 0.2) is 12.1 Å². The smallest absolute Gasteiger partial charge is 0.210 e. The summed E-state index contributed by atoms with van der Waals surface area (Å²) in [4.78, 5) is 11.6. The molecule has 0 amide bonds. The van der Waals surface area contributed by atoms with Crippen LogP contribution in [-0.2, 0) is 0 Å². The van der Waals surface area contributed by atoms with Gasteiger partial charge in [0.05, 0.1) is 7.11 Å². The van der Waals surface area contributed by atoms with Gasteiger partial charge in [0.2, 0.25) is 5.78 Å². The highest BCUT2D eigenvalue weighted by atomic mass is 16.5. The fourth-order valence-corrected chi connectivity index (χ4v) is 1.52. The summed E-state index contributed by atoms with van der Waals surface area (Å²) in [7, 11) is 1.45. The van der Waals surface area contributed by atoms with Crippen molar-refractivity contribution in [2.24, 2.45) is 0 Å². The summed E-state index contributed by atoms with van der Waals surface area (Å²) < 4.78 is 10.2. The van der Waals surface area contributed by atoms with E-state index in [1.807, 2.05) is 0 Å². The van der Waals surface area contributed by atoms with Crippen molar-refractivity contribution in [1.29, 1.82) is 0 Å². The number of benzene rings is 1. The minimum absolute atomic E-state index is 0.0301. The summed E-state index contributed by atoms with van der Waals surface area (Å²) >= 11 is 0. The molecule has 0 aromatic heterocycles. The van der Waals surface area contributed by atoms with Crippen molar-refractivity contribution in [3.63, 3.8) is 0 Å². The SMILES string of the molecule is COc1cc(O)cc2c1C(=O)C(C)O2. The van der Waals surface area contributed by atoms with Gasteiger partial charge in [0.1, 0.15) is 22.8 Å². The van der Waals surface area contributed by atoms with Crippen molar-refractivity contribution in [1.82, 2.24) is 0 Å². The summed E-state index contributed by atoms with van der Waals surface area (Å²) in [5.41, 5.74) is 0.415. The molecule has 1 aromatic rings. The third kappa shape index (κ3) is 1.11. The lowest BCUT2D eigenvalue weighted by Gasteiger charge is -2.04. The molecule has 0 saturated carbocycles. The van der Waals surface area contributed by atoms with Gasteiger partial charge >= 0.3 is 0 Å². The number of fused-ring (bicyclic) bond motifs is 1. The summed E-state index contributed by atoms with van der Waals surface area (Å²) in [6.07, 6.45) is -0.499. The van der Waals surface area contributed by atoms with E-state index in [0.29, 0.717) is 17.1 Å². The second kappa shape index (κ2) is 2.90. The minimum Gasteiger partial charge on any atom is -0.508 e. The molecule has 1 heterocycles. The van der Waals surface area contributed by atoms with Crippen LogP contribution in [-0.4, -0.2) is 24.1 Å². The van der Waals surface area contributed by atoms with E-state index >= 15 is 0 Å². The van der Waals surface area contributed by atoms with Crippen molar-refractivity contribution in [2.75, 3.05) is 7.11 Å². The first kappa shape index (κ1) is 8.87. The number of rotatable bonds is 1. The van der Waals surface area contributed by atoms with Gasteiger partial charge in [-0.1, -0.05) is 0 Å². The van der Waals surface area contributed by atoms with Crippen LogP contribution in [0.3, 0.4) is 0 Å². The number of ether oxygens (including phenoxy) is 2. The lowest BCUT2D eigenvalue weighted by atomic mass is 10.1. The molecule has 0 fully saturated rings. The van der Waals surface area contributed by atoms with Crippen LogP contribution >= 0.6 is 0 Å². The summed E-state index contributed by atoms with van der Waals surface area (Å²) in [6.45, 7) is 1.67. The number of methoxy groups -OCH3 is 1. The normalized spacial score (nSPS) is 19.0. The Labute approximate surface area is 81.1 Å². The summed E-state index contributed by atoms with van der Waals surface area (Å²) in [5.74, 6) is 0.660. The van der Waals surface area contributed by atoms with E-state index < -0.39 is 6.10 Å². The van der Waals surface area contributed by atoms with Gasteiger partial charge in [-0.3, -0.25) is 4.79 Å². The minimum atomic E-state index is -0.499. The molecule has 0 aliphatic carbocycles. The molecule has 1 aliphatic heterocycles. The van der Waals surface area contributed by atoms with Gasteiger partial charge in [0, 0.05) is 12.1 Å². The molecule has 1 aliphatic rings. The van der Waals surface area contributed by atoms with E-state index in [4.69, 9.17) is 9.47 Å². The quantitative estimate of drug-likeness (QED) is 0.733. The number of hydrogen-bond donors (Lipinski definition) is 1. The number of hydrogen-bond acceptors (Lipinski definition) is 4. The second-order valence-corrected chi connectivity index (χ2v) is 3.15. The Kier molecular flexibility index (Phi) is 1.84. The first-order valence-corrected chi connectivity index (χ1v) is 4.25. The number of phenolic OH excluding ortho intramolecular Hbond substituents is 1. The van der Waals surface area contributed by atoms with Crippen LogP contribution in [0.5, 0.6) is 17.2 Å². The zero-order chi connectivity index (χ0) is 10.3. The highest BCUT2D eigenvalue weighted by Crippen LogP contribution is 2.39. The first-order chi connectivity index (χ1) is 6.63. The lowest BCUT2D eigenvalue weighted by Crippen LogP contribution is -2.15. The van der Waals surface area contributed by atoms with Crippen molar-refractivity contribution in [3.8, 4) is 17.2 Å². The molecular formula is C10H10O4. The van der Waals surface area contributed by atoms with Crippen LogP contribution < -0.4 is 9.47 Å². The molecule has 2 rings (SSSR count). The van der Waals surface area contributed by atoms with Gasteiger partial charge in [-0.05, 0) is 6.92 Å². The molecule has 4 heteroatoms. The average Bonchev–Trinajstić information content (AvgIpc) is 2.41. The van der Waals surface area contributed by atoms with Crippen LogP contribution in [0.4, 0.5) is 0 Å². The maximum Gasteiger partial charge on any atom is 0.210 e. The fourth-order valence-electron chi connectivity index (χ4n) is 1.52. The second-order valence-electron chi connectivity index (χ2n) is 3.15. The Morgan fingerprint density at radius 3 is 2.86 bits per heavy atom. The number of phenols is 1. The van der Waals surface area contributed by atoms with Crippen LogP contribution in [0.25, 0.3) is 0 Å². The van der Waals surface area contributed by atoms with Gasteiger partial charge in [-0.2, -0.15) is 0 Å². The van der Waals surface area contributed by atoms with E-state index in [1.165, 1.54) is 19.2 Å². The van der Waals surface area contributed by atoms with Crippen molar-refractivity contribution < 1.29 is 19.4 Å². The Morgan fingerprint density at radius 2 is 2.21 bits per heavy atom. The largest absolute Gasteiger partial charge is 0.508 e. The Hall–Kier alpha value is -1.71. The third-order valence-electron chi connectivity index (χ3n) is 2.19. The van der Waals surface area contributed by atoms with E-state index in [9.17, 15) is 9.90 Å². The number of Topliss-reactive ketones (excluding diaryl/α,β-unsaturated/α-hetero) is 1. The van der Waals surface area contributed by atoms with Crippen LogP contribution in [0.1, 0.15) is 17.3 Å². The first-order valence-electron chi connectivity index (χ1n) is 4.25. The molecule has 74 valence electrons. The molecule has 0 radical (unpaired) electrons. The van der Waals surface area contributed by atoms with Crippen molar-refractivity contribution in [2.45, 2.75) is 13.0 Å². The Morgan fingerprint density at radius 1 is 1.50 bits per heavy atom. The van der Waals surface area contributed by atoms with E-state index in [2.05, 4.69) is 0 Å². The molecule has 0 bridgehead atoms. The average molecular weight is 194 g/mol. The van der Waals surface area contributed by atoms with Gasteiger partial charge in [0.25, 0.3) is 0 Å². The molecule has 0 spiro atoms. The molecule has 1 atom stereocenters. The third-order valence-corrected chi connectivity index (χ3v) is 2.19. The standard InChI is InChI=1S/C10H10O4/c1-5-10(12)9-7(13-2)3-6(11)4-8(9)14-5/h3-5,11H,1-2H3. The number of ketones is 1.